The Hall–Kier alpha value is -3.06. The lowest BCUT2D eigenvalue weighted by Crippen LogP contribution is -2.53. The summed E-state index contributed by atoms with van der Waals surface area (Å²) in [4.78, 5) is 38.8. The van der Waals surface area contributed by atoms with Crippen LogP contribution >= 0.6 is 11.6 Å². The van der Waals surface area contributed by atoms with Crippen molar-refractivity contribution >= 4 is 35.1 Å². The van der Waals surface area contributed by atoms with Crippen LogP contribution in [0.25, 0.3) is 0 Å². The maximum Gasteiger partial charge on any atom is 0.321 e. The number of hydrogen-bond acceptors (Lipinski definition) is 3. The van der Waals surface area contributed by atoms with Gasteiger partial charge in [-0.05, 0) is 43.0 Å². The summed E-state index contributed by atoms with van der Waals surface area (Å²) < 4.78 is 0. The Kier molecular flexibility index (Phi) is 8.11. The van der Waals surface area contributed by atoms with Gasteiger partial charge in [0.1, 0.15) is 6.04 Å². The Morgan fingerprint density at radius 1 is 1.06 bits per heavy atom. The number of amides is 4. The van der Waals surface area contributed by atoms with Crippen molar-refractivity contribution in [2.75, 3.05) is 18.4 Å². The second kappa shape index (κ2) is 11.0. The number of carbonyl (C=O) groups excluding carboxylic acids is 3. The third-order valence-electron chi connectivity index (χ3n) is 5.62. The number of likely N-dealkylation sites (tertiary alicyclic amines) is 1. The van der Waals surface area contributed by atoms with E-state index in [1.807, 2.05) is 37.3 Å². The minimum Gasteiger partial charge on any atom is -0.351 e. The maximum atomic E-state index is 12.9. The maximum absolute atomic E-state index is 12.9. The van der Waals surface area contributed by atoms with Crippen LogP contribution in [-0.4, -0.2) is 47.9 Å². The molecule has 3 rings (SSSR count). The predicted octanol–water partition coefficient (Wildman–Crippen LogP) is 3.51. The fourth-order valence-electron chi connectivity index (χ4n) is 3.80. The largest absolute Gasteiger partial charge is 0.351 e. The molecular formula is C24H29ClN4O3. The molecule has 0 radical (unpaired) electrons. The smallest absolute Gasteiger partial charge is 0.321 e. The molecule has 4 amide bonds. The number of carbonyl (C=O) groups is 3. The molecule has 3 N–H and O–H groups in total. The number of para-hydroxylation sites is 1. The first-order valence-corrected chi connectivity index (χ1v) is 11.1. The van der Waals surface area contributed by atoms with E-state index in [-0.39, 0.29) is 23.9 Å². The van der Waals surface area contributed by atoms with E-state index in [1.54, 1.807) is 23.1 Å². The number of benzene rings is 2. The van der Waals surface area contributed by atoms with Crippen LogP contribution < -0.4 is 16.0 Å². The summed E-state index contributed by atoms with van der Waals surface area (Å²) in [5.41, 5.74) is 2.67. The lowest BCUT2D eigenvalue weighted by Gasteiger charge is -2.33. The van der Waals surface area contributed by atoms with E-state index in [4.69, 9.17) is 11.6 Å². The monoisotopic (exact) mass is 456 g/mol. The Morgan fingerprint density at radius 3 is 2.38 bits per heavy atom. The zero-order valence-electron chi connectivity index (χ0n) is 18.4. The van der Waals surface area contributed by atoms with E-state index in [9.17, 15) is 14.4 Å². The second-order valence-corrected chi connectivity index (χ2v) is 8.47. The zero-order chi connectivity index (χ0) is 23.1. The average Bonchev–Trinajstić information content (AvgIpc) is 2.76. The summed E-state index contributed by atoms with van der Waals surface area (Å²) >= 11 is 6.11. The van der Waals surface area contributed by atoms with Crippen molar-refractivity contribution in [3.63, 3.8) is 0 Å². The average molecular weight is 457 g/mol. The molecule has 0 aliphatic carbocycles. The van der Waals surface area contributed by atoms with E-state index < -0.39 is 6.04 Å². The first kappa shape index (κ1) is 23.6. The fourth-order valence-corrected chi connectivity index (χ4v) is 3.98. The van der Waals surface area contributed by atoms with Crippen LogP contribution in [0.2, 0.25) is 5.02 Å². The van der Waals surface area contributed by atoms with Crippen molar-refractivity contribution in [3.05, 3.63) is 64.7 Å². The van der Waals surface area contributed by atoms with Gasteiger partial charge >= 0.3 is 6.03 Å². The van der Waals surface area contributed by atoms with Crippen molar-refractivity contribution in [1.82, 2.24) is 15.5 Å². The molecule has 2 aromatic carbocycles. The summed E-state index contributed by atoms with van der Waals surface area (Å²) in [5, 5.41) is 9.13. The molecular weight excluding hydrogens is 428 g/mol. The van der Waals surface area contributed by atoms with Gasteiger partial charge in [-0.25, -0.2) is 4.79 Å². The van der Waals surface area contributed by atoms with Crippen molar-refractivity contribution in [1.29, 1.82) is 0 Å². The van der Waals surface area contributed by atoms with Gasteiger partial charge in [0.05, 0.1) is 10.7 Å². The van der Waals surface area contributed by atoms with E-state index in [0.29, 0.717) is 43.1 Å². The molecule has 170 valence electrons. The van der Waals surface area contributed by atoms with Crippen molar-refractivity contribution in [2.45, 2.75) is 45.2 Å². The van der Waals surface area contributed by atoms with E-state index in [2.05, 4.69) is 16.0 Å². The molecule has 1 heterocycles. The molecule has 0 saturated carbocycles. The molecule has 1 atom stereocenters. The number of hydrogen-bond donors (Lipinski definition) is 3. The molecule has 7 nitrogen and oxygen atoms in total. The molecule has 0 aromatic heterocycles. The SMILES string of the molecule is CC(=O)NC(Cc1ccccc1C)C(=O)NC1CCN(C(=O)Nc2ccccc2Cl)CC1. The van der Waals surface area contributed by atoms with Crippen LogP contribution in [0.1, 0.15) is 30.9 Å². The molecule has 1 saturated heterocycles. The first-order chi connectivity index (χ1) is 15.3. The highest BCUT2D eigenvalue weighted by molar-refractivity contribution is 6.33. The highest BCUT2D eigenvalue weighted by Crippen LogP contribution is 2.21. The number of anilines is 1. The number of aryl methyl sites for hydroxylation is 1. The quantitative estimate of drug-likeness (QED) is 0.621. The molecule has 0 spiro atoms. The van der Waals surface area contributed by atoms with Crippen LogP contribution in [0.3, 0.4) is 0 Å². The lowest BCUT2D eigenvalue weighted by molar-refractivity contribution is -0.128. The number of rotatable bonds is 6. The first-order valence-electron chi connectivity index (χ1n) is 10.8. The molecule has 1 aliphatic heterocycles. The number of halogens is 1. The normalized spacial score (nSPS) is 15.0. The van der Waals surface area contributed by atoms with E-state index in [0.717, 1.165) is 11.1 Å². The minimum absolute atomic E-state index is 0.0556. The number of nitrogens with one attached hydrogen (secondary N) is 3. The van der Waals surface area contributed by atoms with Crippen LogP contribution in [0, 0.1) is 6.92 Å². The summed E-state index contributed by atoms with van der Waals surface area (Å²) in [6.07, 6.45) is 1.70. The summed E-state index contributed by atoms with van der Waals surface area (Å²) in [6.45, 7) is 4.43. The minimum atomic E-state index is -0.643. The third-order valence-corrected chi connectivity index (χ3v) is 5.95. The van der Waals surface area contributed by atoms with Gasteiger partial charge < -0.3 is 20.9 Å². The highest BCUT2D eigenvalue weighted by Gasteiger charge is 2.27. The molecule has 32 heavy (non-hydrogen) atoms. The Labute approximate surface area is 193 Å². The molecule has 1 unspecified atom stereocenters. The molecule has 2 aromatic rings. The van der Waals surface area contributed by atoms with Gasteiger partial charge in [-0.2, -0.15) is 0 Å². The Bertz CT molecular complexity index is 973. The van der Waals surface area contributed by atoms with E-state index >= 15 is 0 Å². The van der Waals surface area contributed by atoms with Gasteiger partial charge in [-0.3, -0.25) is 9.59 Å². The van der Waals surface area contributed by atoms with Gasteiger partial charge in [0.15, 0.2) is 0 Å². The van der Waals surface area contributed by atoms with Crippen LogP contribution in [0.5, 0.6) is 0 Å². The molecule has 1 aliphatic rings. The van der Waals surface area contributed by atoms with Gasteiger partial charge in [0.2, 0.25) is 11.8 Å². The molecule has 0 bridgehead atoms. The van der Waals surface area contributed by atoms with Crippen molar-refractivity contribution in [3.8, 4) is 0 Å². The second-order valence-electron chi connectivity index (χ2n) is 8.06. The number of piperidine rings is 1. The van der Waals surface area contributed by atoms with Crippen LogP contribution in [-0.2, 0) is 16.0 Å². The molecule has 8 heteroatoms. The Morgan fingerprint density at radius 2 is 1.72 bits per heavy atom. The summed E-state index contributed by atoms with van der Waals surface area (Å²) in [5.74, 6) is -0.452. The topological polar surface area (TPSA) is 90.5 Å². The van der Waals surface area contributed by atoms with Gasteiger partial charge in [0.25, 0.3) is 0 Å². The van der Waals surface area contributed by atoms with Crippen LogP contribution in [0.15, 0.2) is 48.5 Å². The van der Waals surface area contributed by atoms with Gasteiger partial charge in [0, 0.05) is 32.5 Å². The van der Waals surface area contributed by atoms with Crippen molar-refractivity contribution < 1.29 is 14.4 Å². The fraction of sp³-hybridized carbons (Fsp3) is 0.375. The van der Waals surface area contributed by atoms with Crippen LogP contribution in [0.4, 0.5) is 10.5 Å². The standard InChI is InChI=1S/C24H29ClN4O3/c1-16-7-3-4-8-18(16)15-22(26-17(2)30)23(31)27-19-11-13-29(14-12-19)24(32)28-21-10-6-5-9-20(21)25/h3-10,19,22H,11-15H2,1-2H3,(H,26,30)(H,27,31)(H,28,32). The highest BCUT2D eigenvalue weighted by atomic mass is 35.5. The predicted molar refractivity (Wildman–Crippen MR) is 126 cm³/mol. The Balaban J connectivity index is 1.53. The summed E-state index contributed by atoms with van der Waals surface area (Å²) in [7, 11) is 0. The lowest BCUT2D eigenvalue weighted by atomic mass is 9.99. The summed E-state index contributed by atoms with van der Waals surface area (Å²) in [6, 6.07) is 14.0. The van der Waals surface area contributed by atoms with Crippen molar-refractivity contribution in [2.24, 2.45) is 0 Å². The third kappa shape index (κ3) is 6.47. The van der Waals surface area contributed by atoms with Gasteiger partial charge in [-0.15, -0.1) is 0 Å². The number of nitrogens with zero attached hydrogens (tertiary/aromatic N) is 1. The van der Waals surface area contributed by atoms with E-state index in [1.165, 1.54) is 6.92 Å². The molecule has 1 fully saturated rings. The van der Waals surface area contributed by atoms with Gasteiger partial charge in [-0.1, -0.05) is 48.0 Å². The zero-order valence-corrected chi connectivity index (χ0v) is 19.1. The number of urea groups is 1.